The molecular formula is C23H21FN4O3S. The smallest absolute Gasteiger partial charge is 0.414 e. The first-order chi connectivity index (χ1) is 15.4. The van der Waals surface area contributed by atoms with Gasteiger partial charge in [-0.25, -0.2) is 9.18 Å². The van der Waals surface area contributed by atoms with Crippen molar-refractivity contribution in [1.29, 1.82) is 5.26 Å². The normalized spacial score (nSPS) is 28.1. The van der Waals surface area contributed by atoms with Gasteiger partial charge < -0.3 is 10.1 Å². The number of nitrogens with zero attached hydrogens (tertiary/aromatic N) is 3. The van der Waals surface area contributed by atoms with Crippen LogP contribution in [0, 0.1) is 29.0 Å². The Morgan fingerprint density at radius 2 is 2.16 bits per heavy atom. The Morgan fingerprint density at radius 3 is 2.78 bits per heavy atom. The van der Waals surface area contributed by atoms with Crippen molar-refractivity contribution in [3.05, 3.63) is 48.0 Å². The van der Waals surface area contributed by atoms with Gasteiger partial charge in [0, 0.05) is 24.2 Å². The molecule has 2 amide bonds. The van der Waals surface area contributed by atoms with Crippen LogP contribution in [0.3, 0.4) is 0 Å². The molecule has 2 aliphatic heterocycles. The van der Waals surface area contributed by atoms with Crippen molar-refractivity contribution in [2.45, 2.75) is 18.4 Å². The number of nitriles is 1. The van der Waals surface area contributed by atoms with Crippen molar-refractivity contribution >= 4 is 29.4 Å². The van der Waals surface area contributed by atoms with Crippen LogP contribution in [0.25, 0.3) is 11.1 Å². The number of fused-ring (bicyclic) bond motifs is 1. The van der Waals surface area contributed by atoms with E-state index in [1.807, 2.05) is 17.8 Å². The number of hydrogen-bond donors (Lipinski definition) is 1. The zero-order valence-electron chi connectivity index (χ0n) is 17.4. The highest BCUT2D eigenvalue weighted by Crippen LogP contribution is 2.65. The SMILES string of the molecule is CC(=O)NC[C@H]1CN(c2ccc(-c3ccc(C4(C#N)C5CSCC54)nc3)c(F)c2)C(=O)O1. The van der Waals surface area contributed by atoms with Crippen molar-refractivity contribution in [2.75, 3.05) is 29.5 Å². The molecular weight excluding hydrogens is 431 g/mol. The lowest BCUT2D eigenvalue weighted by Gasteiger charge is -2.15. The lowest BCUT2D eigenvalue weighted by atomic mass is 9.97. The molecule has 1 saturated carbocycles. The van der Waals surface area contributed by atoms with Gasteiger partial charge in [-0.2, -0.15) is 17.0 Å². The van der Waals surface area contributed by atoms with Crippen LogP contribution in [-0.2, 0) is 14.9 Å². The van der Waals surface area contributed by atoms with Crippen molar-refractivity contribution in [3.63, 3.8) is 0 Å². The van der Waals surface area contributed by atoms with Gasteiger partial charge in [-0.1, -0.05) is 6.07 Å². The number of cyclic esters (lactones) is 1. The maximum Gasteiger partial charge on any atom is 0.414 e. The summed E-state index contributed by atoms with van der Waals surface area (Å²) in [6.07, 6.45) is 0.550. The minimum Gasteiger partial charge on any atom is -0.442 e. The number of hydrogen-bond acceptors (Lipinski definition) is 6. The molecule has 3 aliphatic rings. The number of halogens is 1. The van der Waals surface area contributed by atoms with Gasteiger partial charge in [0.05, 0.1) is 30.5 Å². The molecule has 0 spiro atoms. The molecule has 1 aliphatic carbocycles. The van der Waals surface area contributed by atoms with Crippen LogP contribution in [0.15, 0.2) is 36.5 Å². The number of ether oxygens (including phenoxy) is 1. The molecule has 9 heteroatoms. The van der Waals surface area contributed by atoms with Gasteiger partial charge in [-0.3, -0.25) is 14.7 Å². The Morgan fingerprint density at radius 1 is 1.38 bits per heavy atom. The Hall–Kier alpha value is -3.12. The number of rotatable bonds is 5. The maximum atomic E-state index is 14.9. The summed E-state index contributed by atoms with van der Waals surface area (Å²) in [5.41, 5.74) is 1.64. The first kappa shape index (κ1) is 20.8. The Balaban J connectivity index is 1.32. The lowest BCUT2D eigenvalue weighted by molar-refractivity contribution is -0.119. The molecule has 3 heterocycles. The van der Waals surface area contributed by atoms with Crippen molar-refractivity contribution in [3.8, 4) is 17.2 Å². The highest BCUT2D eigenvalue weighted by atomic mass is 32.2. The molecule has 5 rings (SSSR count). The predicted octanol–water partition coefficient (Wildman–Crippen LogP) is 3.10. The lowest BCUT2D eigenvalue weighted by Crippen LogP contribution is -2.33. The molecule has 2 saturated heterocycles. The van der Waals surface area contributed by atoms with Crippen LogP contribution in [0.2, 0.25) is 0 Å². The molecule has 1 aromatic carbocycles. The van der Waals surface area contributed by atoms with Crippen LogP contribution in [0.4, 0.5) is 14.9 Å². The van der Waals surface area contributed by atoms with E-state index >= 15 is 0 Å². The van der Waals surface area contributed by atoms with Crippen LogP contribution in [0.1, 0.15) is 12.6 Å². The molecule has 3 fully saturated rings. The summed E-state index contributed by atoms with van der Waals surface area (Å²) >= 11 is 1.88. The largest absolute Gasteiger partial charge is 0.442 e. The topological polar surface area (TPSA) is 95.3 Å². The van der Waals surface area contributed by atoms with E-state index in [9.17, 15) is 19.2 Å². The number of thioether (sulfide) groups is 1. The first-order valence-electron chi connectivity index (χ1n) is 10.4. The van der Waals surface area contributed by atoms with Crippen molar-refractivity contribution in [1.82, 2.24) is 10.3 Å². The average Bonchev–Trinajstić information content (AvgIpc) is 3.09. The van der Waals surface area contributed by atoms with Crippen molar-refractivity contribution < 1.29 is 18.7 Å². The minimum absolute atomic E-state index is 0.209. The van der Waals surface area contributed by atoms with E-state index in [0.29, 0.717) is 28.7 Å². The maximum absolute atomic E-state index is 14.9. The quantitative estimate of drug-likeness (QED) is 0.749. The van der Waals surface area contributed by atoms with Crippen LogP contribution in [-0.4, -0.2) is 47.7 Å². The van der Waals surface area contributed by atoms with E-state index < -0.39 is 23.4 Å². The third-order valence-corrected chi connectivity index (χ3v) is 7.73. The van der Waals surface area contributed by atoms with Crippen LogP contribution in [0.5, 0.6) is 0 Å². The van der Waals surface area contributed by atoms with Gasteiger partial charge in [0.25, 0.3) is 0 Å². The predicted molar refractivity (Wildman–Crippen MR) is 118 cm³/mol. The molecule has 2 unspecified atom stereocenters. The molecule has 0 radical (unpaired) electrons. The second kappa shape index (κ2) is 7.78. The second-order valence-electron chi connectivity index (χ2n) is 8.38. The average molecular weight is 453 g/mol. The second-order valence-corrected chi connectivity index (χ2v) is 9.46. The van der Waals surface area contributed by atoms with E-state index in [1.54, 1.807) is 24.4 Å². The zero-order chi connectivity index (χ0) is 22.5. The molecule has 32 heavy (non-hydrogen) atoms. The monoisotopic (exact) mass is 452 g/mol. The number of carbonyl (C=O) groups excluding carboxylic acids is 2. The third-order valence-electron chi connectivity index (χ3n) is 6.54. The van der Waals surface area contributed by atoms with Gasteiger partial charge in [0.15, 0.2) is 0 Å². The van der Waals surface area contributed by atoms with Gasteiger partial charge in [-0.05, 0) is 47.6 Å². The number of aromatic nitrogens is 1. The summed E-state index contributed by atoms with van der Waals surface area (Å²) in [7, 11) is 0. The van der Waals surface area contributed by atoms with E-state index in [0.717, 1.165) is 17.2 Å². The van der Waals surface area contributed by atoms with Crippen LogP contribution >= 0.6 is 11.8 Å². The fourth-order valence-corrected chi connectivity index (χ4v) is 6.39. The fourth-order valence-electron chi connectivity index (χ4n) is 4.76. The Labute approximate surface area is 188 Å². The van der Waals surface area contributed by atoms with Crippen LogP contribution < -0.4 is 10.2 Å². The van der Waals surface area contributed by atoms with Gasteiger partial charge in [0.2, 0.25) is 5.91 Å². The molecule has 1 aromatic heterocycles. The van der Waals surface area contributed by atoms with E-state index in [4.69, 9.17) is 4.74 Å². The zero-order valence-corrected chi connectivity index (χ0v) is 18.2. The number of carbonyl (C=O) groups is 2. The molecule has 3 atom stereocenters. The molecule has 2 aromatic rings. The minimum atomic E-state index is -0.575. The summed E-state index contributed by atoms with van der Waals surface area (Å²) in [5.74, 6) is 2.01. The molecule has 164 valence electrons. The standard InChI is InChI=1S/C23H21FN4O3S/c1-13(29)26-8-16-9-28(22(30)31-16)15-3-4-17(20(24)6-15)14-2-5-21(27-7-14)23(12-25)18-10-32-11-19(18)23/h2-7,16,18-19H,8-11H2,1H3,(H,26,29)/t16-,18?,19?,23?/m0/s1. The van der Waals surface area contributed by atoms with E-state index in [2.05, 4.69) is 16.4 Å². The van der Waals surface area contributed by atoms with Gasteiger partial charge in [-0.15, -0.1) is 0 Å². The third kappa shape index (κ3) is 3.30. The summed E-state index contributed by atoms with van der Waals surface area (Å²) in [5, 5.41) is 12.4. The van der Waals surface area contributed by atoms with Gasteiger partial charge in [0.1, 0.15) is 17.3 Å². The molecule has 0 bridgehead atoms. The molecule has 1 N–H and O–H groups in total. The van der Waals surface area contributed by atoms with E-state index in [1.165, 1.54) is 17.9 Å². The summed E-state index contributed by atoms with van der Waals surface area (Å²) in [4.78, 5) is 29.1. The highest BCUT2D eigenvalue weighted by Gasteiger charge is 2.69. The van der Waals surface area contributed by atoms with E-state index in [-0.39, 0.29) is 19.0 Å². The highest BCUT2D eigenvalue weighted by molar-refractivity contribution is 7.99. The number of anilines is 1. The summed E-state index contributed by atoms with van der Waals surface area (Å²) < 4.78 is 20.2. The number of amides is 2. The summed E-state index contributed by atoms with van der Waals surface area (Å²) in [6, 6.07) is 10.7. The number of benzene rings is 1. The number of pyridine rings is 1. The van der Waals surface area contributed by atoms with Crippen molar-refractivity contribution in [2.24, 2.45) is 11.8 Å². The molecule has 7 nitrogen and oxygen atoms in total. The summed E-state index contributed by atoms with van der Waals surface area (Å²) in [6.45, 7) is 1.82. The Kier molecular flexibility index (Phi) is 5.05. The number of nitrogens with one attached hydrogen (secondary N) is 1. The first-order valence-corrected chi connectivity index (χ1v) is 11.6. The Bertz CT molecular complexity index is 1120. The van der Waals surface area contributed by atoms with Gasteiger partial charge >= 0.3 is 6.09 Å². The fraction of sp³-hybridized carbons (Fsp3) is 0.391.